The summed E-state index contributed by atoms with van der Waals surface area (Å²) in [5.74, 6) is -2.85. The van der Waals surface area contributed by atoms with Crippen molar-refractivity contribution < 1.29 is 37.8 Å². The van der Waals surface area contributed by atoms with Crippen molar-refractivity contribution in [3.8, 4) is 11.1 Å². The maximum absolute atomic E-state index is 12.7. The Hall–Kier alpha value is -5.13. The maximum atomic E-state index is 12.7. The van der Waals surface area contributed by atoms with Crippen LogP contribution in [-0.2, 0) is 11.3 Å². The third kappa shape index (κ3) is 8.96. The minimum atomic E-state index is -5.08. The van der Waals surface area contributed by atoms with Crippen LogP contribution in [0.25, 0.3) is 28.2 Å². The van der Waals surface area contributed by atoms with Gasteiger partial charge in [0.25, 0.3) is 0 Å². The smallest absolute Gasteiger partial charge is 0.478 e. The lowest BCUT2D eigenvalue weighted by Crippen LogP contribution is -2.39. The summed E-state index contributed by atoms with van der Waals surface area (Å²) in [4.78, 5) is 38.1. The number of aromatic carboxylic acids is 1. The molecule has 0 unspecified atom stereocenters. The average Bonchev–Trinajstić information content (AvgIpc) is 3.36. The number of nitrogens with zero attached hydrogens (tertiary/aromatic N) is 2. The van der Waals surface area contributed by atoms with Crippen LogP contribution in [-0.4, -0.2) is 50.0 Å². The first-order valence-corrected chi connectivity index (χ1v) is 14.9. The van der Waals surface area contributed by atoms with Crippen molar-refractivity contribution in [3.63, 3.8) is 0 Å². The monoisotopic (exact) mass is 636 g/mol. The van der Waals surface area contributed by atoms with Gasteiger partial charge in [-0.1, -0.05) is 74.7 Å². The number of aliphatic carboxylic acids is 1. The zero-order valence-electron chi connectivity index (χ0n) is 25.2. The van der Waals surface area contributed by atoms with Gasteiger partial charge in [0.15, 0.2) is 0 Å². The zero-order chi connectivity index (χ0) is 33.3. The molecule has 1 heterocycles. The molecule has 242 valence electrons. The van der Waals surface area contributed by atoms with Crippen LogP contribution < -0.4 is 10.6 Å². The number of allylic oxidation sites excluding steroid dienone is 1. The molecular weight excluding hydrogens is 601 g/mol. The van der Waals surface area contributed by atoms with Gasteiger partial charge in [0.1, 0.15) is 5.82 Å². The summed E-state index contributed by atoms with van der Waals surface area (Å²) < 4.78 is 33.9. The van der Waals surface area contributed by atoms with Gasteiger partial charge in [-0.05, 0) is 66.3 Å². The van der Waals surface area contributed by atoms with Gasteiger partial charge in [-0.25, -0.2) is 19.4 Å². The fourth-order valence-corrected chi connectivity index (χ4v) is 5.23. The Bertz CT molecular complexity index is 1710. The first-order chi connectivity index (χ1) is 22.0. The number of carbonyl (C=O) groups excluding carboxylic acids is 1. The number of amides is 2. The highest BCUT2D eigenvalue weighted by Gasteiger charge is 2.38. The van der Waals surface area contributed by atoms with Crippen LogP contribution in [0.1, 0.15) is 67.2 Å². The van der Waals surface area contributed by atoms with Crippen molar-refractivity contribution in [1.82, 2.24) is 14.9 Å². The number of alkyl halides is 3. The first kappa shape index (κ1) is 33.8. The minimum Gasteiger partial charge on any atom is -0.478 e. The normalized spacial score (nSPS) is 13.7. The largest absolute Gasteiger partial charge is 0.490 e. The molecule has 0 bridgehead atoms. The zero-order valence-corrected chi connectivity index (χ0v) is 25.2. The molecule has 4 aromatic rings. The third-order valence-corrected chi connectivity index (χ3v) is 7.48. The van der Waals surface area contributed by atoms with Gasteiger partial charge < -0.3 is 25.4 Å². The summed E-state index contributed by atoms with van der Waals surface area (Å²) in [6, 6.07) is 20.9. The standard InChI is InChI=1S/C32H34N4O3.C2HF3O2/c1-2-3-13-30-35-28-19-18-25(34-32(39)33-24-9-5-4-6-10-24)20-29(28)36(30)21-22-14-16-23(17-15-22)26-11-7-8-12-27(26)31(37)38;3-2(4,5)1(6)7/h3,7-8,11-20,24H,2,4-6,9-10,21H2,1H3,(H,37,38)(H2,33,34,39);(H,6,7)/b13-3+;. The van der Waals surface area contributed by atoms with E-state index < -0.39 is 18.1 Å². The second-order valence-electron chi connectivity index (χ2n) is 10.9. The Labute approximate surface area is 263 Å². The Balaban J connectivity index is 0.000000617. The van der Waals surface area contributed by atoms with E-state index in [1.54, 1.807) is 12.1 Å². The number of hydrogen-bond donors (Lipinski definition) is 4. The number of imidazole rings is 1. The molecule has 0 radical (unpaired) electrons. The summed E-state index contributed by atoms with van der Waals surface area (Å²) in [6.07, 6.45) is 5.57. The van der Waals surface area contributed by atoms with Gasteiger partial charge in [-0.2, -0.15) is 13.2 Å². The van der Waals surface area contributed by atoms with Crippen molar-refractivity contribution in [2.45, 2.75) is 64.2 Å². The maximum Gasteiger partial charge on any atom is 0.490 e. The molecule has 0 saturated heterocycles. The number of benzene rings is 3. The minimum absolute atomic E-state index is 0.171. The molecule has 1 aliphatic rings. The third-order valence-electron chi connectivity index (χ3n) is 7.48. The average molecular weight is 637 g/mol. The predicted molar refractivity (Wildman–Crippen MR) is 170 cm³/mol. The van der Waals surface area contributed by atoms with Gasteiger partial charge in [0, 0.05) is 18.3 Å². The number of hydrogen-bond acceptors (Lipinski definition) is 4. The highest BCUT2D eigenvalue weighted by atomic mass is 19.4. The van der Waals surface area contributed by atoms with Crippen molar-refractivity contribution in [2.75, 3.05) is 5.32 Å². The molecule has 46 heavy (non-hydrogen) atoms. The Kier molecular flexibility index (Phi) is 11.2. The van der Waals surface area contributed by atoms with E-state index in [0.29, 0.717) is 12.1 Å². The van der Waals surface area contributed by atoms with Crippen LogP contribution in [0.5, 0.6) is 0 Å². The summed E-state index contributed by atoms with van der Waals surface area (Å²) >= 11 is 0. The number of aromatic nitrogens is 2. The molecule has 0 spiro atoms. The Morgan fingerprint density at radius 1 is 0.978 bits per heavy atom. The molecule has 1 fully saturated rings. The highest BCUT2D eigenvalue weighted by Crippen LogP contribution is 2.27. The molecule has 0 atom stereocenters. The number of carboxylic acids is 2. The van der Waals surface area contributed by atoms with Gasteiger partial charge in [0.05, 0.1) is 16.6 Å². The highest BCUT2D eigenvalue weighted by molar-refractivity contribution is 5.96. The number of rotatable bonds is 8. The summed E-state index contributed by atoms with van der Waals surface area (Å²) in [5, 5.41) is 22.8. The number of carbonyl (C=O) groups is 3. The van der Waals surface area contributed by atoms with Crippen molar-refractivity contribution in [1.29, 1.82) is 0 Å². The van der Waals surface area contributed by atoms with Crippen molar-refractivity contribution in [2.24, 2.45) is 0 Å². The van der Waals surface area contributed by atoms with Crippen LogP contribution in [0.4, 0.5) is 23.7 Å². The SMILES string of the molecule is CC/C=C/c1nc2ccc(NC(=O)NC3CCCCC3)cc2n1Cc1ccc(-c2ccccc2C(=O)O)cc1.O=C(O)C(F)(F)F. The molecular formula is C34H35F3N4O5. The quantitative estimate of drug-likeness (QED) is 0.155. The lowest BCUT2D eigenvalue weighted by Gasteiger charge is -2.22. The number of urea groups is 1. The van der Waals surface area contributed by atoms with Crippen LogP contribution in [0, 0.1) is 0 Å². The van der Waals surface area contributed by atoms with E-state index >= 15 is 0 Å². The van der Waals surface area contributed by atoms with E-state index in [1.807, 2.05) is 60.7 Å². The summed E-state index contributed by atoms with van der Waals surface area (Å²) in [5.41, 5.74) is 5.41. The molecule has 1 aromatic heterocycles. The molecule has 4 N–H and O–H groups in total. The number of nitrogens with one attached hydrogen (secondary N) is 2. The Morgan fingerprint density at radius 3 is 2.28 bits per heavy atom. The van der Waals surface area contributed by atoms with E-state index in [1.165, 1.54) is 6.42 Å². The van der Waals surface area contributed by atoms with Gasteiger partial charge in [-0.15, -0.1) is 0 Å². The van der Waals surface area contributed by atoms with E-state index in [0.717, 1.165) is 65.8 Å². The molecule has 0 aliphatic heterocycles. The molecule has 9 nitrogen and oxygen atoms in total. The number of halogens is 3. The first-order valence-electron chi connectivity index (χ1n) is 14.9. The molecule has 2 amide bonds. The summed E-state index contributed by atoms with van der Waals surface area (Å²) in [7, 11) is 0. The molecule has 1 aliphatic carbocycles. The van der Waals surface area contributed by atoms with Crippen LogP contribution in [0.3, 0.4) is 0 Å². The molecule has 1 saturated carbocycles. The van der Waals surface area contributed by atoms with Gasteiger partial charge in [0.2, 0.25) is 0 Å². The number of fused-ring (bicyclic) bond motifs is 1. The van der Waals surface area contributed by atoms with Crippen LogP contribution in [0.2, 0.25) is 0 Å². The fourth-order valence-electron chi connectivity index (χ4n) is 5.23. The summed E-state index contributed by atoms with van der Waals surface area (Å²) in [6.45, 7) is 2.67. The molecule has 12 heteroatoms. The molecule has 3 aromatic carbocycles. The fraction of sp³-hybridized carbons (Fsp3) is 0.294. The second kappa shape index (κ2) is 15.2. The number of carboxylic acid groups (broad SMARTS) is 2. The van der Waals surface area contributed by atoms with E-state index in [-0.39, 0.29) is 17.6 Å². The van der Waals surface area contributed by atoms with E-state index in [9.17, 15) is 27.9 Å². The lowest BCUT2D eigenvalue weighted by molar-refractivity contribution is -0.192. The van der Waals surface area contributed by atoms with Gasteiger partial charge >= 0.3 is 24.1 Å². The van der Waals surface area contributed by atoms with Crippen molar-refractivity contribution >= 4 is 40.8 Å². The number of anilines is 1. The molecule has 5 rings (SSSR count). The van der Waals surface area contributed by atoms with Gasteiger partial charge in [-0.3, -0.25) is 0 Å². The van der Waals surface area contributed by atoms with E-state index in [2.05, 4.69) is 28.2 Å². The second-order valence-corrected chi connectivity index (χ2v) is 10.9. The van der Waals surface area contributed by atoms with E-state index in [4.69, 9.17) is 14.9 Å². The Morgan fingerprint density at radius 2 is 1.65 bits per heavy atom. The topological polar surface area (TPSA) is 134 Å². The van der Waals surface area contributed by atoms with Crippen LogP contribution >= 0.6 is 0 Å². The predicted octanol–water partition coefficient (Wildman–Crippen LogP) is 7.96. The lowest BCUT2D eigenvalue weighted by atomic mass is 9.96. The van der Waals surface area contributed by atoms with Crippen molar-refractivity contribution in [3.05, 3.63) is 89.8 Å². The van der Waals surface area contributed by atoms with Crippen LogP contribution in [0.15, 0.2) is 72.8 Å².